The normalized spacial score (nSPS) is 19.0. The number of ether oxygens (including phenoxy) is 1. The first kappa shape index (κ1) is 23.5. The SMILES string of the molecule is CC(O)C(=O)O.C[C@H]1COc2c(N3CCN(C)CC3)c(F)cc3c(=O)c(C(=O)O)cn1c23. The second-order valence-corrected chi connectivity index (χ2v) is 7.98. The van der Waals surface area contributed by atoms with Gasteiger partial charge in [-0.25, -0.2) is 14.0 Å². The number of nitrogens with zero attached hydrogens (tertiary/aromatic N) is 3. The maximum atomic E-state index is 15.0. The van der Waals surface area contributed by atoms with Gasteiger partial charge in [-0.2, -0.15) is 0 Å². The summed E-state index contributed by atoms with van der Waals surface area (Å²) in [5.74, 6) is -2.73. The Kier molecular flexibility index (Phi) is 6.70. The first-order chi connectivity index (χ1) is 15.0. The van der Waals surface area contributed by atoms with Crippen molar-refractivity contribution in [3.05, 3.63) is 33.9 Å². The van der Waals surface area contributed by atoms with Crippen LogP contribution < -0.4 is 15.1 Å². The van der Waals surface area contributed by atoms with E-state index in [1.54, 1.807) is 4.57 Å². The van der Waals surface area contributed by atoms with Gasteiger partial charge in [-0.15, -0.1) is 0 Å². The van der Waals surface area contributed by atoms with Crippen molar-refractivity contribution < 1.29 is 34.0 Å². The molecule has 174 valence electrons. The van der Waals surface area contributed by atoms with E-state index in [4.69, 9.17) is 14.9 Å². The number of likely N-dealkylation sites (N-methyl/N-ethyl adjacent to an activating group) is 1. The van der Waals surface area contributed by atoms with Crippen molar-refractivity contribution in [2.45, 2.75) is 26.0 Å². The number of benzene rings is 1. The number of carbonyl (C=O) groups is 2. The first-order valence-corrected chi connectivity index (χ1v) is 10.1. The van der Waals surface area contributed by atoms with Crippen molar-refractivity contribution in [1.29, 1.82) is 0 Å². The number of halogens is 1. The van der Waals surface area contributed by atoms with Gasteiger partial charge in [0.25, 0.3) is 0 Å². The van der Waals surface area contributed by atoms with Crippen molar-refractivity contribution in [1.82, 2.24) is 9.47 Å². The summed E-state index contributed by atoms with van der Waals surface area (Å²) in [7, 11) is 2.02. The Balaban J connectivity index is 0.000000427. The summed E-state index contributed by atoms with van der Waals surface area (Å²) >= 11 is 0. The van der Waals surface area contributed by atoms with Gasteiger partial charge in [0.1, 0.15) is 24.0 Å². The van der Waals surface area contributed by atoms with E-state index in [-0.39, 0.29) is 23.6 Å². The number of hydrogen-bond acceptors (Lipinski definition) is 7. The van der Waals surface area contributed by atoms with Crippen molar-refractivity contribution >= 4 is 28.5 Å². The van der Waals surface area contributed by atoms with Gasteiger partial charge in [-0.3, -0.25) is 4.79 Å². The molecule has 32 heavy (non-hydrogen) atoms. The molecule has 0 amide bonds. The molecule has 0 saturated carbocycles. The fraction of sp³-hybridized carbons (Fsp3) is 0.476. The van der Waals surface area contributed by atoms with E-state index < -0.39 is 29.3 Å². The van der Waals surface area contributed by atoms with Gasteiger partial charge in [0.2, 0.25) is 5.43 Å². The molecule has 2 aromatic rings. The van der Waals surface area contributed by atoms with Crippen LogP contribution in [0.1, 0.15) is 30.2 Å². The molecule has 1 fully saturated rings. The highest BCUT2D eigenvalue weighted by atomic mass is 19.1. The molecule has 0 bridgehead atoms. The Labute approximate surface area is 183 Å². The minimum absolute atomic E-state index is 0.0434. The molecule has 1 saturated heterocycles. The molecule has 2 atom stereocenters. The Hall–Kier alpha value is -3.18. The number of aliphatic hydroxyl groups excluding tert-OH is 1. The number of rotatable bonds is 3. The van der Waals surface area contributed by atoms with Crippen LogP contribution in [0.15, 0.2) is 17.1 Å². The minimum Gasteiger partial charge on any atom is -0.487 e. The molecule has 3 heterocycles. The number of carboxylic acids is 2. The first-order valence-electron chi connectivity index (χ1n) is 10.1. The molecule has 2 aliphatic heterocycles. The molecular formula is C21H26FN3O7. The van der Waals surface area contributed by atoms with E-state index in [2.05, 4.69) is 4.90 Å². The highest BCUT2D eigenvalue weighted by molar-refractivity contribution is 5.97. The van der Waals surface area contributed by atoms with Crippen LogP contribution in [0.2, 0.25) is 0 Å². The summed E-state index contributed by atoms with van der Waals surface area (Å²) < 4.78 is 22.6. The van der Waals surface area contributed by atoms with E-state index in [9.17, 15) is 23.9 Å². The van der Waals surface area contributed by atoms with Crippen molar-refractivity contribution in [2.24, 2.45) is 0 Å². The zero-order valence-electron chi connectivity index (χ0n) is 18.0. The fourth-order valence-electron chi connectivity index (χ4n) is 3.69. The number of pyridine rings is 1. The van der Waals surface area contributed by atoms with Gasteiger partial charge in [-0.05, 0) is 27.0 Å². The van der Waals surface area contributed by atoms with Crippen LogP contribution >= 0.6 is 0 Å². The van der Waals surface area contributed by atoms with Gasteiger partial charge in [-0.1, -0.05) is 0 Å². The summed E-state index contributed by atoms with van der Waals surface area (Å²) in [6.45, 7) is 6.27. The molecule has 10 nitrogen and oxygen atoms in total. The zero-order chi connectivity index (χ0) is 23.7. The van der Waals surface area contributed by atoms with Crippen molar-refractivity contribution in [3.63, 3.8) is 0 Å². The quantitative estimate of drug-likeness (QED) is 0.625. The van der Waals surface area contributed by atoms with Gasteiger partial charge >= 0.3 is 11.9 Å². The zero-order valence-corrected chi connectivity index (χ0v) is 18.0. The molecular weight excluding hydrogens is 425 g/mol. The number of aliphatic hydroxyl groups is 1. The second-order valence-electron chi connectivity index (χ2n) is 7.98. The Morgan fingerprint density at radius 2 is 1.81 bits per heavy atom. The van der Waals surface area contributed by atoms with Crippen molar-refractivity contribution in [3.8, 4) is 5.75 Å². The lowest BCUT2D eigenvalue weighted by atomic mass is 10.1. The number of carboxylic acid groups (broad SMARTS) is 2. The number of anilines is 1. The fourth-order valence-corrected chi connectivity index (χ4v) is 3.69. The highest BCUT2D eigenvalue weighted by Gasteiger charge is 2.30. The largest absolute Gasteiger partial charge is 0.487 e. The third kappa shape index (κ3) is 4.39. The lowest BCUT2D eigenvalue weighted by molar-refractivity contribution is -0.145. The lowest BCUT2D eigenvalue weighted by Gasteiger charge is -2.37. The van der Waals surface area contributed by atoms with E-state index in [1.807, 2.05) is 18.9 Å². The number of aliphatic carboxylic acids is 1. The predicted molar refractivity (Wildman–Crippen MR) is 114 cm³/mol. The standard InChI is InChI=1S/C18H20FN3O4.C3H6O3/c1-10-9-26-17-14-11(16(23)12(18(24)25)8-22(10)14)7-13(19)15(17)21-5-3-20(2)4-6-21;1-2(4)3(5)6/h7-8,10H,3-6,9H2,1-2H3,(H,24,25);2,4H,1H3,(H,5,6)/t10-;/m0./s1. The average Bonchev–Trinajstić information content (AvgIpc) is 2.73. The van der Waals surface area contributed by atoms with Crippen molar-refractivity contribution in [2.75, 3.05) is 44.7 Å². The van der Waals surface area contributed by atoms with Crippen LogP contribution in [0.4, 0.5) is 10.1 Å². The van der Waals surface area contributed by atoms with Crippen LogP contribution in [0.5, 0.6) is 5.75 Å². The molecule has 2 aliphatic rings. The van der Waals surface area contributed by atoms with E-state index in [1.165, 1.54) is 13.1 Å². The molecule has 4 rings (SSSR count). The van der Waals surface area contributed by atoms with Crippen LogP contribution in [-0.2, 0) is 4.79 Å². The summed E-state index contributed by atoms with van der Waals surface area (Å²) in [6.07, 6.45) is 0.111. The minimum atomic E-state index is -1.32. The molecule has 0 radical (unpaired) electrons. The number of hydrogen-bond donors (Lipinski definition) is 3. The number of aromatic nitrogens is 1. The molecule has 1 unspecified atom stereocenters. The van der Waals surface area contributed by atoms with Gasteiger partial charge in [0.05, 0.1) is 16.9 Å². The van der Waals surface area contributed by atoms with Crippen LogP contribution in [-0.4, -0.2) is 82.7 Å². The molecule has 3 N–H and O–H groups in total. The Morgan fingerprint density at radius 1 is 1.22 bits per heavy atom. The number of aromatic carboxylic acids is 1. The molecule has 0 spiro atoms. The molecule has 1 aromatic carbocycles. The van der Waals surface area contributed by atoms with Crippen LogP contribution in [0.3, 0.4) is 0 Å². The molecule has 0 aliphatic carbocycles. The van der Waals surface area contributed by atoms with Crippen LogP contribution in [0, 0.1) is 5.82 Å². The smallest absolute Gasteiger partial charge is 0.341 e. The predicted octanol–water partition coefficient (Wildman–Crippen LogP) is 0.996. The van der Waals surface area contributed by atoms with Gasteiger partial charge in [0, 0.05) is 32.4 Å². The lowest BCUT2D eigenvalue weighted by Crippen LogP contribution is -2.45. The van der Waals surface area contributed by atoms with E-state index in [0.29, 0.717) is 30.0 Å². The Bertz CT molecular complexity index is 1110. The van der Waals surface area contributed by atoms with Gasteiger partial charge < -0.3 is 34.4 Å². The molecule has 11 heteroatoms. The third-order valence-electron chi connectivity index (χ3n) is 5.55. The molecule has 1 aromatic heterocycles. The maximum absolute atomic E-state index is 15.0. The highest BCUT2D eigenvalue weighted by Crippen LogP contribution is 2.42. The summed E-state index contributed by atoms with van der Waals surface area (Å²) in [5, 5.41) is 25.1. The maximum Gasteiger partial charge on any atom is 0.341 e. The van der Waals surface area contributed by atoms with E-state index in [0.717, 1.165) is 19.2 Å². The summed E-state index contributed by atoms with van der Waals surface area (Å²) in [6, 6.07) is 0.994. The third-order valence-corrected chi connectivity index (χ3v) is 5.55. The number of piperazine rings is 1. The summed E-state index contributed by atoms with van der Waals surface area (Å²) in [4.78, 5) is 37.5. The second kappa shape index (κ2) is 9.13. The average molecular weight is 451 g/mol. The summed E-state index contributed by atoms with van der Waals surface area (Å²) in [5.41, 5.74) is -0.224. The van der Waals surface area contributed by atoms with E-state index >= 15 is 0 Å². The monoisotopic (exact) mass is 451 g/mol. The van der Waals surface area contributed by atoms with Gasteiger partial charge in [0.15, 0.2) is 11.6 Å². The Morgan fingerprint density at radius 3 is 2.34 bits per heavy atom. The topological polar surface area (TPSA) is 133 Å². The van der Waals surface area contributed by atoms with Crippen LogP contribution in [0.25, 0.3) is 10.9 Å².